The summed E-state index contributed by atoms with van der Waals surface area (Å²) in [5.74, 6) is -1.61. The standard InChI is InChI=1S/C21H39NO3.C4H6O3/c1-3-4-5-6-7-8-9-10-11-12-13-14-15-16-17-18-20(23)22(2)19-21(24)25;1-3-4(5)7-6-2/h10-11H,3-9,12-19H2,1-2H3,(H,24,25);3H,1H2,2H3/b11-10-;. The Morgan fingerprint density at radius 3 is 1.81 bits per heavy atom. The number of carbonyl (C=O) groups is 3. The zero-order valence-corrected chi connectivity index (χ0v) is 20.5. The van der Waals surface area contributed by atoms with Crippen molar-refractivity contribution < 1.29 is 29.3 Å². The van der Waals surface area contributed by atoms with Crippen molar-refractivity contribution in [3.63, 3.8) is 0 Å². The van der Waals surface area contributed by atoms with Crippen molar-refractivity contribution >= 4 is 17.8 Å². The summed E-state index contributed by atoms with van der Waals surface area (Å²) in [6.45, 7) is 5.17. The van der Waals surface area contributed by atoms with Crippen LogP contribution < -0.4 is 0 Å². The number of carboxylic acids is 1. The van der Waals surface area contributed by atoms with E-state index in [1.807, 2.05) is 0 Å². The smallest absolute Gasteiger partial charge is 0.365 e. The highest BCUT2D eigenvalue weighted by atomic mass is 17.2. The summed E-state index contributed by atoms with van der Waals surface area (Å²) in [5, 5.41) is 8.64. The number of allylic oxidation sites excluding steroid dienone is 2. The zero-order valence-electron chi connectivity index (χ0n) is 20.5. The van der Waals surface area contributed by atoms with Gasteiger partial charge < -0.3 is 10.0 Å². The lowest BCUT2D eigenvalue weighted by Crippen LogP contribution is -2.31. The van der Waals surface area contributed by atoms with Crippen molar-refractivity contribution in [3.8, 4) is 0 Å². The molecule has 0 aromatic heterocycles. The fourth-order valence-electron chi connectivity index (χ4n) is 2.95. The highest BCUT2D eigenvalue weighted by molar-refractivity contribution is 5.81. The van der Waals surface area contributed by atoms with Crippen LogP contribution in [0.15, 0.2) is 24.8 Å². The molecule has 0 aliphatic rings. The number of rotatable bonds is 19. The summed E-state index contributed by atoms with van der Waals surface area (Å²) >= 11 is 0. The minimum Gasteiger partial charge on any atom is -0.480 e. The van der Waals surface area contributed by atoms with E-state index in [4.69, 9.17) is 5.11 Å². The second-order valence-corrected chi connectivity index (χ2v) is 7.75. The van der Waals surface area contributed by atoms with Crippen LogP contribution in [0.4, 0.5) is 0 Å². The molecule has 7 heteroatoms. The molecule has 186 valence electrons. The summed E-state index contributed by atoms with van der Waals surface area (Å²) in [5.41, 5.74) is 0. The largest absolute Gasteiger partial charge is 0.480 e. The molecule has 1 N–H and O–H groups in total. The van der Waals surface area contributed by atoms with E-state index < -0.39 is 11.9 Å². The van der Waals surface area contributed by atoms with Crippen molar-refractivity contribution in [1.82, 2.24) is 4.90 Å². The molecule has 0 bridgehead atoms. The third-order valence-corrected chi connectivity index (χ3v) is 4.78. The molecule has 32 heavy (non-hydrogen) atoms. The lowest BCUT2D eigenvalue weighted by atomic mass is 10.1. The lowest BCUT2D eigenvalue weighted by Gasteiger charge is -2.14. The molecule has 0 rings (SSSR count). The van der Waals surface area contributed by atoms with E-state index in [1.54, 1.807) is 7.05 Å². The van der Waals surface area contributed by atoms with Gasteiger partial charge in [0.25, 0.3) is 0 Å². The number of amides is 1. The van der Waals surface area contributed by atoms with E-state index in [0.29, 0.717) is 6.42 Å². The van der Waals surface area contributed by atoms with E-state index in [1.165, 1.54) is 69.8 Å². The van der Waals surface area contributed by atoms with Crippen LogP contribution in [0.5, 0.6) is 0 Å². The zero-order chi connectivity index (χ0) is 24.5. The van der Waals surface area contributed by atoms with Gasteiger partial charge in [0.05, 0.1) is 7.11 Å². The third-order valence-electron chi connectivity index (χ3n) is 4.78. The third kappa shape index (κ3) is 25.9. The van der Waals surface area contributed by atoms with Crippen LogP contribution in [0.1, 0.15) is 96.8 Å². The number of carboxylic acid groups (broad SMARTS) is 1. The number of unbranched alkanes of at least 4 members (excludes halogenated alkanes) is 11. The van der Waals surface area contributed by atoms with Crippen LogP contribution in [0.3, 0.4) is 0 Å². The summed E-state index contributed by atoms with van der Waals surface area (Å²) in [6, 6.07) is 0. The molecule has 7 nitrogen and oxygen atoms in total. The first-order valence-electron chi connectivity index (χ1n) is 11.9. The molecule has 0 aliphatic carbocycles. The maximum atomic E-state index is 11.7. The van der Waals surface area contributed by atoms with Gasteiger partial charge in [0.2, 0.25) is 5.91 Å². The Hall–Kier alpha value is -2.15. The molecule has 0 aromatic carbocycles. The average Bonchev–Trinajstić information content (AvgIpc) is 2.76. The van der Waals surface area contributed by atoms with Crippen molar-refractivity contribution in [2.45, 2.75) is 96.8 Å². The minimum atomic E-state index is -0.958. The molecule has 0 spiro atoms. The molecule has 0 radical (unpaired) electrons. The highest BCUT2D eigenvalue weighted by Crippen LogP contribution is 2.10. The van der Waals surface area contributed by atoms with Gasteiger partial charge in [-0.05, 0) is 32.1 Å². The van der Waals surface area contributed by atoms with E-state index in [0.717, 1.165) is 31.8 Å². The molecule has 0 heterocycles. The van der Waals surface area contributed by atoms with Crippen molar-refractivity contribution in [3.05, 3.63) is 24.8 Å². The van der Waals surface area contributed by atoms with Gasteiger partial charge in [0, 0.05) is 19.5 Å². The second-order valence-electron chi connectivity index (χ2n) is 7.75. The number of nitrogens with zero attached hydrogens (tertiary/aromatic N) is 1. The SMILES string of the molecule is C=CC(=O)OOC.CCCCCCCC/C=C\CCCCCCCC(=O)N(C)CC(=O)O. The number of likely N-dealkylation sites (N-methyl/N-ethyl adjacent to an activating group) is 1. The molecule has 0 aromatic rings. The van der Waals surface area contributed by atoms with Gasteiger partial charge in [0.1, 0.15) is 6.54 Å². The van der Waals surface area contributed by atoms with Crippen LogP contribution in [0.2, 0.25) is 0 Å². The first-order valence-corrected chi connectivity index (χ1v) is 11.9. The highest BCUT2D eigenvalue weighted by Gasteiger charge is 2.10. The molecule has 0 unspecified atom stereocenters. The molecule has 0 saturated heterocycles. The van der Waals surface area contributed by atoms with Gasteiger partial charge in [-0.1, -0.05) is 77.0 Å². The summed E-state index contributed by atoms with van der Waals surface area (Å²) in [6.07, 6.45) is 22.2. The van der Waals surface area contributed by atoms with E-state index in [2.05, 4.69) is 35.4 Å². The van der Waals surface area contributed by atoms with Crippen LogP contribution >= 0.6 is 0 Å². The number of carbonyl (C=O) groups excluding carboxylic acids is 2. The van der Waals surface area contributed by atoms with Crippen molar-refractivity contribution in [2.75, 3.05) is 20.7 Å². The Kier molecular flexibility index (Phi) is 25.1. The molecular weight excluding hydrogens is 410 g/mol. The second kappa shape index (κ2) is 25.1. The normalized spacial score (nSPS) is 10.3. The molecular formula is C25H45NO6. The fraction of sp³-hybridized carbons (Fsp3) is 0.720. The monoisotopic (exact) mass is 455 g/mol. The van der Waals surface area contributed by atoms with Crippen LogP contribution in [-0.2, 0) is 24.2 Å². The number of hydrogen-bond acceptors (Lipinski definition) is 5. The maximum absolute atomic E-state index is 11.7. The predicted molar refractivity (Wildman–Crippen MR) is 128 cm³/mol. The Morgan fingerprint density at radius 1 is 0.875 bits per heavy atom. The first kappa shape index (κ1) is 32.0. The predicted octanol–water partition coefficient (Wildman–Crippen LogP) is 5.84. The Bertz CT molecular complexity index is 519. The van der Waals surface area contributed by atoms with E-state index in [-0.39, 0.29) is 12.5 Å². The topological polar surface area (TPSA) is 93.1 Å². The number of hydrogen-bond donors (Lipinski definition) is 1. The average molecular weight is 456 g/mol. The van der Waals surface area contributed by atoms with Crippen LogP contribution in [-0.4, -0.2) is 48.6 Å². The minimum absolute atomic E-state index is 0.0694. The van der Waals surface area contributed by atoms with Gasteiger partial charge in [-0.2, -0.15) is 4.89 Å². The van der Waals surface area contributed by atoms with Crippen LogP contribution in [0, 0.1) is 0 Å². The Morgan fingerprint density at radius 2 is 1.38 bits per heavy atom. The van der Waals surface area contributed by atoms with Gasteiger partial charge >= 0.3 is 11.9 Å². The summed E-state index contributed by atoms with van der Waals surface area (Å²) in [7, 11) is 2.80. The molecule has 1 amide bonds. The molecule has 0 aliphatic heterocycles. The fourth-order valence-corrected chi connectivity index (χ4v) is 2.95. The quantitative estimate of drug-likeness (QED) is 0.0864. The summed E-state index contributed by atoms with van der Waals surface area (Å²) in [4.78, 5) is 41.3. The Labute approximate surface area is 194 Å². The van der Waals surface area contributed by atoms with Gasteiger partial charge in [-0.3, -0.25) is 14.5 Å². The van der Waals surface area contributed by atoms with Gasteiger partial charge in [-0.15, -0.1) is 0 Å². The van der Waals surface area contributed by atoms with E-state index in [9.17, 15) is 14.4 Å². The van der Waals surface area contributed by atoms with Crippen LogP contribution in [0.25, 0.3) is 0 Å². The van der Waals surface area contributed by atoms with Gasteiger partial charge in [-0.25, -0.2) is 4.79 Å². The molecule has 0 saturated carbocycles. The Balaban J connectivity index is 0. The summed E-state index contributed by atoms with van der Waals surface area (Å²) < 4.78 is 0. The first-order chi connectivity index (χ1) is 15.4. The van der Waals surface area contributed by atoms with Crippen molar-refractivity contribution in [1.29, 1.82) is 0 Å². The van der Waals surface area contributed by atoms with E-state index >= 15 is 0 Å². The maximum Gasteiger partial charge on any atom is 0.365 e. The van der Waals surface area contributed by atoms with Gasteiger partial charge in [0.15, 0.2) is 0 Å². The van der Waals surface area contributed by atoms with Crippen molar-refractivity contribution in [2.24, 2.45) is 0 Å². The molecule has 0 fully saturated rings. The molecule has 0 atom stereocenters. The lowest BCUT2D eigenvalue weighted by molar-refractivity contribution is -0.249. The number of aliphatic carboxylic acids is 1.